The van der Waals surface area contributed by atoms with Gasteiger partial charge in [0.15, 0.2) is 11.5 Å². The van der Waals surface area contributed by atoms with Crippen LogP contribution < -0.4 is 15.2 Å². The van der Waals surface area contributed by atoms with Gasteiger partial charge in [0.05, 0.1) is 0 Å². The highest BCUT2D eigenvalue weighted by Crippen LogP contribution is 2.29. The molecule has 1 unspecified atom stereocenters. The first-order chi connectivity index (χ1) is 14.9. The quantitative estimate of drug-likeness (QED) is 0.415. The Labute approximate surface area is 187 Å². The molecule has 1 aromatic carbocycles. The molecular weight excluding hydrogens is 422 g/mol. The summed E-state index contributed by atoms with van der Waals surface area (Å²) < 4.78 is 25.3. The van der Waals surface area contributed by atoms with Crippen molar-refractivity contribution in [3.8, 4) is 11.5 Å². The van der Waals surface area contributed by atoms with Crippen molar-refractivity contribution >= 4 is 24.1 Å². The smallest absolute Gasteiger partial charge is 0.458 e. The molecule has 0 fully saturated rings. The highest BCUT2D eigenvalue weighted by Gasteiger charge is 2.22. The molecule has 0 bridgehead atoms. The highest BCUT2D eigenvalue weighted by atomic mass is 16.7. The van der Waals surface area contributed by atoms with Crippen molar-refractivity contribution in [3.05, 3.63) is 23.8 Å². The van der Waals surface area contributed by atoms with Crippen molar-refractivity contribution in [2.45, 2.75) is 66.2 Å². The predicted molar refractivity (Wildman–Crippen MR) is 113 cm³/mol. The molecule has 0 saturated carbocycles. The SMILES string of the molecule is CC(=O)Oc1ccc(C[C@H](N)C(=O)O[C@@H](C)COC(=O)OC(C)C(C)C)cc1OC(C)=O. The van der Waals surface area contributed by atoms with Crippen LogP contribution in [0.5, 0.6) is 11.5 Å². The topological polar surface area (TPSA) is 140 Å². The maximum Gasteiger partial charge on any atom is 0.508 e. The van der Waals surface area contributed by atoms with Crippen molar-refractivity contribution in [1.82, 2.24) is 0 Å². The molecule has 2 N–H and O–H groups in total. The van der Waals surface area contributed by atoms with Gasteiger partial charge in [-0.1, -0.05) is 19.9 Å². The Bertz CT molecular complexity index is 822. The predicted octanol–water partition coefficient (Wildman–Crippen LogP) is 2.54. The average molecular weight is 453 g/mol. The average Bonchev–Trinajstić information content (AvgIpc) is 2.67. The molecule has 3 atom stereocenters. The van der Waals surface area contributed by atoms with E-state index in [0.717, 1.165) is 0 Å². The zero-order chi connectivity index (χ0) is 24.4. The van der Waals surface area contributed by atoms with Gasteiger partial charge in [-0.15, -0.1) is 0 Å². The van der Waals surface area contributed by atoms with Gasteiger partial charge in [0.2, 0.25) is 0 Å². The molecular formula is C22H31NO9. The summed E-state index contributed by atoms with van der Waals surface area (Å²) in [5.74, 6) is -1.65. The van der Waals surface area contributed by atoms with E-state index in [2.05, 4.69) is 0 Å². The zero-order valence-corrected chi connectivity index (χ0v) is 19.2. The number of benzene rings is 1. The van der Waals surface area contributed by atoms with Crippen LogP contribution in [0.4, 0.5) is 4.79 Å². The second-order valence-electron chi connectivity index (χ2n) is 7.65. The summed E-state index contributed by atoms with van der Waals surface area (Å²) in [6.45, 7) is 9.35. The number of nitrogens with two attached hydrogens (primary N) is 1. The number of esters is 3. The number of rotatable bonds is 10. The van der Waals surface area contributed by atoms with Crippen LogP contribution >= 0.6 is 0 Å². The standard InChI is InChI=1S/C22H31NO9/c1-12(2)14(4)30-22(27)28-11-13(3)29-21(26)18(23)9-17-7-8-19(31-15(5)24)20(10-17)32-16(6)25/h7-8,10,12-14,18H,9,11,23H2,1-6H3/t13-,14?,18-/m0/s1. The van der Waals surface area contributed by atoms with Gasteiger partial charge < -0.3 is 29.4 Å². The summed E-state index contributed by atoms with van der Waals surface area (Å²) in [4.78, 5) is 46.4. The zero-order valence-electron chi connectivity index (χ0n) is 19.2. The molecule has 0 saturated heterocycles. The third kappa shape index (κ3) is 9.78. The van der Waals surface area contributed by atoms with Crippen molar-refractivity contribution in [2.75, 3.05) is 6.61 Å². The summed E-state index contributed by atoms with van der Waals surface area (Å²) in [6, 6.07) is 3.44. The Morgan fingerprint density at radius 2 is 1.50 bits per heavy atom. The lowest BCUT2D eigenvalue weighted by molar-refractivity contribution is -0.152. The Morgan fingerprint density at radius 1 is 0.906 bits per heavy atom. The van der Waals surface area contributed by atoms with Gasteiger partial charge in [-0.3, -0.25) is 14.4 Å². The van der Waals surface area contributed by atoms with E-state index in [0.29, 0.717) is 5.56 Å². The normalized spacial score (nSPS) is 13.5. The Hall–Kier alpha value is -3.14. The first-order valence-electron chi connectivity index (χ1n) is 10.2. The van der Waals surface area contributed by atoms with Gasteiger partial charge in [0.1, 0.15) is 24.9 Å². The van der Waals surface area contributed by atoms with E-state index in [1.807, 2.05) is 13.8 Å². The number of carbonyl (C=O) groups is 4. The monoisotopic (exact) mass is 453 g/mol. The van der Waals surface area contributed by atoms with Crippen molar-refractivity contribution in [3.63, 3.8) is 0 Å². The molecule has 0 aliphatic carbocycles. The largest absolute Gasteiger partial charge is 0.508 e. The maximum absolute atomic E-state index is 12.3. The van der Waals surface area contributed by atoms with Gasteiger partial charge in [0, 0.05) is 13.8 Å². The minimum atomic E-state index is -1.03. The van der Waals surface area contributed by atoms with Crippen LogP contribution in [0.25, 0.3) is 0 Å². The molecule has 1 aromatic rings. The van der Waals surface area contributed by atoms with Crippen molar-refractivity contribution < 1.29 is 42.9 Å². The summed E-state index contributed by atoms with van der Waals surface area (Å²) in [7, 11) is 0. The lowest BCUT2D eigenvalue weighted by Crippen LogP contribution is -2.37. The van der Waals surface area contributed by atoms with Crippen LogP contribution in [0.3, 0.4) is 0 Å². The first-order valence-corrected chi connectivity index (χ1v) is 10.2. The Balaban J connectivity index is 2.64. The summed E-state index contributed by atoms with van der Waals surface area (Å²) in [5, 5.41) is 0. The van der Waals surface area contributed by atoms with Gasteiger partial charge in [0.25, 0.3) is 0 Å². The highest BCUT2D eigenvalue weighted by molar-refractivity contribution is 5.76. The summed E-state index contributed by atoms with van der Waals surface area (Å²) >= 11 is 0. The third-order valence-electron chi connectivity index (χ3n) is 4.25. The van der Waals surface area contributed by atoms with E-state index in [4.69, 9.17) is 29.4 Å². The van der Waals surface area contributed by atoms with Crippen molar-refractivity contribution in [2.24, 2.45) is 11.7 Å². The van der Waals surface area contributed by atoms with Gasteiger partial charge in [-0.2, -0.15) is 0 Å². The van der Waals surface area contributed by atoms with E-state index in [1.54, 1.807) is 19.9 Å². The van der Waals surface area contributed by atoms with E-state index < -0.39 is 36.2 Å². The fourth-order valence-corrected chi connectivity index (χ4v) is 2.32. The Kier molecular flexibility index (Phi) is 10.6. The summed E-state index contributed by atoms with van der Waals surface area (Å²) in [5.41, 5.74) is 6.48. The second-order valence-corrected chi connectivity index (χ2v) is 7.65. The fraction of sp³-hybridized carbons (Fsp3) is 0.545. The minimum Gasteiger partial charge on any atom is -0.458 e. The fourth-order valence-electron chi connectivity index (χ4n) is 2.32. The van der Waals surface area contributed by atoms with Crippen molar-refractivity contribution in [1.29, 1.82) is 0 Å². The number of ether oxygens (including phenoxy) is 5. The molecule has 0 aliphatic rings. The van der Waals surface area contributed by atoms with Gasteiger partial charge in [-0.25, -0.2) is 4.79 Å². The molecule has 178 valence electrons. The maximum atomic E-state index is 12.3. The van der Waals surface area contributed by atoms with Gasteiger partial charge in [-0.05, 0) is 43.9 Å². The van der Waals surface area contributed by atoms with Crippen LogP contribution in [0.1, 0.15) is 47.1 Å². The molecule has 0 aromatic heterocycles. The van der Waals surface area contributed by atoms with Crippen LogP contribution in [0.15, 0.2) is 18.2 Å². The van der Waals surface area contributed by atoms with Crippen LogP contribution in [0.2, 0.25) is 0 Å². The molecule has 10 nitrogen and oxygen atoms in total. The molecule has 0 amide bonds. The molecule has 0 heterocycles. The first kappa shape index (κ1) is 26.9. The number of carbonyl (C=O) groups excluding carboxylic acids is 4. The van der Waals surface area contributed by atoms with E-state index in [1.165, 1.54) is 26.0 Å². The van der Waals surface area contributed by atoms with Crippen LogP contribution in [-0.2, 0) is 35.0 Å². The molecule has 0 radical (unpaired) electrons. The molecule has 10 heteroatoms. The number of hydrogen-bond donors (Lipinski definition) is 1. The third-order valence-corrected chi connectivity index (χ3v) is 4.25. The molecule has 0 aliphatic heterocycles. The lowest BCUT2D eigenvalue weighted by Gasteiger charge is -2.19. The Morgan fingerprint density at radius 3 is 2.06 bits per heavy atom. The summed E-state index contributed by atoms with van der Waals surface area (Å²) in [6.07, 6.45) is -1.82. The van der Waals surface area contributed by atoms with E-state index in [-0.39, 0.29) is 36.5 Å². The molecule has 0 spiro atoms. The van der Waals surface area contributed by atoms with Crippen LogP contribution in [0, 0.1) is 5.92 Å². The number of hydrogen-bond acceptors (Lipinski definition) is 10. The van der Waals surface area contributed by atoms with E-state index >= 15 is 0 Å². The minimum absolute atomic E-state index is 0.0293. The lowest BCUT2D eigenvalue weighted by atomic mass is 10.1. The van der Waals surface area contributed by atoms with E-state index in [9.17, 15) is 19.2 Å². The van der Waals surface area contributed by atoms with Gasteiger partial charge >= 0.3 is 24.1 Å². The molecule has 1 rings (SSSR count). The molecule has 32 heavy (non-hydrogen) atoms. The van der Waals surface area contributed by atoms with Crippen LogP contribution in [-0.4, -0.2) is 48.9 Å². The second kappa shape index (κ2) is 12.7.